The second-order valence-corrected chi connectivity index (χ2v) is 16.2. The van der Waals surface area contributed by atoms with E-state index in [-0.39, 0.29) is 59.6 Å². The maximum Gasteiger partial charge on any atom is 0.336 e. The van der Waals surface area contributed by atoms with E-state index in [0.717, 1.165) is 12.8 Å². The molecule has 342 valence electrons. The molecule has 3 aromatic carbocycles. The Labute approximate surface area is 371 Å². The van der Waals surface area contributed by atoms with Crippen molar-refractivity contribution in [2.24, 2.45) is 20.9 Å². The average molecular weight is 897 g/mol. The number of aromatic hydroxyl groups is 2. The Morgan fingerprint density at radius 3 is 2.51 bits per heavy atom. The molecule has 8 rings (SSSR count). The molecular formula is C46H48N4O15. The molecule has 0 aromatic heterocycles. The maximum atomic E-state index is 13.0. The zero-order valence-corrected chi connectivity index (χ0v) is 34.9. The number of benzene rings is 3. The van der Waals surface area contributed by atoms with Gasteiger partial charge in [-0.3, -0.25) is 10.4 Å². The summed E-state index contributed by atoms with van der Waals surface area (Å²) >= 11 is 0. The van der Waals surface area contributed by atoms with Crippen LogP contribution in [0.25, 0.3) is 5.76 Å². The third kappa shape index (κ3) is 8.45. The first-order valence-corrected chi connectivity index (χ1v) is 20.9. The molecule has 2 bridgehead atoms. The molecule has 65 heavy (non-hydrogen) atoms. The number of nitrogens with one attached hydrogen (secondary N) is 1. The Kier molecular flexibility index (Phi) is 12.5. The maximum absolute atomic E-state index is 13.0. The minimum absolute atomic E-state index is 0.0143. The zero-order chi connectivity index (χ0) is 46.2. The molecule has 1 fully saturated rings. The lowest BCUT2D eigenvalue weighted by Gasteiger charge is -2.57. The Morgan fingerprint density at radius 2 is 1.85 bits per heavy atom. The van der Waals surface area contributed by atoms with Crippen molar-refractivity contribution in [3.05, 3.63) is 101 Å². The van der Waals surface area contributed by atoms with E-state index in [1.807, 2.05) is 6.92 Å². The smallest absolute Gasteiger partial charge is 0.336 e. The van der Waals surface area contributed by atoms with Crippen LogP contribution in [0.3, 0.4) is 0 Å². The lowest BCUT2D eigenvalue weighted by molar-refractivity contribution is -0.338. The van der Waals surface area contributed by atoms with Crippen molar-refractivity contribution in [1.82, 2.24) is 0 Å². The molecule has 19 nitrogen and oxygen atoms in total. The van der Waals surface area contributed by atoms with Gasteiger partial charge in [0.25, 0.3) is 0 Å². The van der Waals surface area contributed by atoms with Gasteiger partial charge in [-0.15, -0.1) is 0 Å². The quantitative estimate of drug-likeness (QED) is 0.0686. The average Bonchev–Trinajstić information content (AvgIpc) is 3.97. The van der Waals surface area contributed by atoms with E-state index < -0.39 is 89.5 Å². The molecule has 1 aliphatic carbocycles. The number of carboxylic acid groups (broad SMARTS) is 1. The van der Waals surface area contributed by atoms with Gasteiger partial charge in [0.1, 0.15) is 71.3 Å². The second kappa shape index (κ2) is 18.1. The van der Waals surface area contributed by atoms with Crippen LogP contribution in [0, 0.1) is 11.3 Å². The first kappa shape index (κ1) is 45.0. The van der Waals surface area contributed by atoms with Gasteiger partial charge in [0, 0.05) is 12.1 Å². The van der Waals surface area contributed by atoms with E-state index >= 15 is 0 Å². The predicted octanol–water partition coefficient (Wildman–Crippen LogP) is 3.43. The number of carbonyl (C=O) groups is 1. The minimum atomic E-state index is -2.66. The zero-order valence-electron chi connectivity index (χ0n) is 34.9. The molecule has 3 aromatic rings. The van der Waals surface area contributed by atoms with E-state index in [1.54, 1.807) is 24.3 Å². The third-order valence-corrected chi connectivity index (χ3v) is 11.9. The van der Waals surface area contributed by atoms with Gasteiger partial charge in [0.2, 0.25) is 12.0 Å². The Morgan fingerprint density at radius 1 is 1.06 bits per heavy atom. The summed E-state index contributed by atoms with van der Waals surface area (Å²) in [5.74, 6) is -4.91. The van der Waals surface area contributed by atoms with Gasteiger partial charge >= 0.3 is 5.97 Å². The van der Waals surface area contributed by atoms with Crippen molar-refractivity contribution in [2.75, 3.05) is 13.2 Å². The Balaban J connectivity index is 1.14. The molecule has 0 radical (unpaired) electrons. The van der Waals surface area contributed by atoms with Crippen LogP contribution >= 0.6 is 0 Å². The van der Waals surface area contributed by atoms with Crippen LogP contribution in [0.5, 0.6) is 34.5 Å². The van der Waals surface area contributed by atoms with Crippen molar-refractivity contribution < 1.29 is 74.4 Å². The van der Waals surface area contributed by atoms with Crippen LogP contribution < -0.4 is 18.9 Å². The number of carboxylic acids is 1. The van der Waals surface area contributed by atoms with E-state index in [1.165, 1.54) is 61.0 Å². The van der Waals surface area contributed by atoms with E-state index in [0.29, 0.717) is 23.1 Å². The van der Waals surface area contributed by atoms with Crippen LogP contribution in [0.15, 0.2) is 99.5 Å². The van der Waals surface area contributed by atoms with Crippen molar-refractivity contribution in [1.29, 1.82) is 5.41 Å². The summed E-state index contributed by atoms with van der Waals surface area (Å²) in [4.78, 5) is 25.3. The first-order chi connectivity index (χ1) is 31.2. The lowest BCUT2D eigenvalue weighted by atomic mass is 9.60. The van der Waals surface area contributed by atoms with E-state index in [2.05, 4.69) is 15.0 Å². The fourth-order valence-corrected chi connectivity index (χ4v) is 8.72. The van der Waals surface area contributed by atoms with Gasteiger partial charge < -0.3 is 69.6 Å². The van der Waals surface area contributed by atoms with Gasteiger partial charge in [-0.05, 0) is 66.5 Å². The number of aliphatic carboxylic acids is 1. The van der Waals surface area contributed by atoms with Gasteiger partial charge in [-0.25, -0.2) is 14.8 Å². The van der Waals surface area contributed by atoms with Crippen LogP contribution in [0.2, 0.25) is 0 Å². The fourth-order valence-electron chi connectivity index (χ4n) is 8.72. The number of phenolic OH excluding ortho intramolecular Hbond substituents is 2. The Hall–Kier alpha value is -6.61. The summed E-state index contributed by atoms with van der Waals surface area (Å²) in [5, 5.41) is 109. The minimum Gasteiger partial charge on any atom is -0.508 e. The monoisotopic (exact) mass is 896 g/mol. The number of nitrogens with zero attached hydrogens (tertiary/aromatic N) is 3. The van der Waals surface area contributed by atoms with Crippen molar-refractivity contribution in [3.63, 3.8) is 0 Å². The number of unbranched alkanes of at least 4 members (excludes halogenated alkanes) is 2. The van der Waals surface area contributed by atoms with Gasteiger partial charge in [0.05, 0.1) is 30.5 Å². The fraction of sp³-hybridized carbons (Fsp3) is 0.370. The molecular weight excluding hydrogens is 849 g/mol. The number of rotatable bonds is 17. The highest BCUT2D eigenvalue weighted by molar-refractivity contribution is 6.15. The number of amidine groups is 1. The first-order valence-electron chi connectivity index (χ1n) is 20.9. The van der Waals surface area contributed by atoms with Crippen LogP contribution in [-0.2, 0) is 16.1 Å². The molecule has 9 unspecified atom stereocenters. The Bertz CT molecular complexity index is 2540. The summed E-state index contributed by atoms with van der Waals surface area (Å²) in [5.41, 5.74) is -3.77. The number of aliphatic hydroxyl groups is 6. The number of fused-ring (bicyclic) bond motifs is 3. The number of aliphatic hydroxyl groups excluding tert-OH is 4. The summed E-state index contributed by atoms with van der Waals surface area (Å²) in [7, 11) is 0. The normalized spacial score (nSPS) is 27.4. The van der Waals surface area contributed by atoms with Crippen molar-refractivity contribution >= 4 is 35.3 Å². The highest BCUT2D eigenvalue weighted by Gasteiger charge is 2.71. The predicted molar refractivity (Wildman–Crippen MR) is 232 cm³/mol. The molecule has 9 atom stereocenters. The summed E-state index contributed by atoms with van der Waals surface area (Å²) in [6.45, 7) is 1.15. The highest BCUT2D eigenvalue weighted by atomic mass is 16.7. The molecule has 0 spiro atoms. The second-order valence-electron chi connectivity index (χ2n) is 16.2. The molecule has 0 amide bonds. The van der Waals surface area contributed by atoms with Gasteiger partial charge in [0.15, 0.2) is 29.3 Å². The largest absolute Gasteiger partial charge is 0.508 e. The number of hydrogen-bond acceptors (Lipinski definition) is 17. The molecule has 5 aliphatic rings. The number of phenols is 2. The topological polar surface area (TPSA) is 306 Å². The van der Waals surface area contributed by atoms with E-state index in [4.69, 9.17) is 29.1 Å². The summed E-state index contributed by atoms with van der Waals surface area (Å²) < 4.78 is 30.3. The van der Waals surface area contributed by atoms with Crippen LogP contribution in [-0.4, -0.2) is 131 Å². The SMILES string of the molecule is CCCCCC1=CC2(O)C(Oc3cc4c(c(O)c3OCc3cccc(O)c3)C(O)=CC(c3ccc(OC(CO)C(O)C5=NC(=N)C=C5)cc3)O4)OC(C(=O)O)C(O)(C1C1=NC=NC1)C2O. The molecule has 10 N–H and O–H groups in total. The molecule has 0 saturated carbocycles. The molecule has 1 saturated heterocycles. The third-order valence-electron chi connectivity index (χ3n) is 11.9. The van der Waals surface area contributed by atoms with E-state index in [9.17, 15) is 50.8 Å². The number of ether oxygens (including phenoxy) is 5. The van der Waals surface area contributed by atoms with Crippen LogP contribution in [0.4, 0.5) is 0 Å². The molecule has 4 aliphatic heterocycles. The summed E-state index contributed by atoms with van der Waals surface area (Å²) in [6.07, 6.45) is -0.808. The van der Waals surface area contributed by atoms with Gasteiger partial charge in [-0.1, -0.05) is 49.6 Å². The lowest BCUT2D eigenvalue weighted by Crippen LogP contribution is -2.79. The number of hydrogen-bond donors (Lipinski definition) is 10. The molecule has 19 heteroatoms. The summed E-state index contributed by atoms with van der Waals surface area (Å²) in [6, 6.07) is 13.5. The van der Waals surface area contributed by atoms with Crippen molar-refractivity contribution in [2.45, 2.75) is 87.2 Å². The standard InChI is InChI=1S/C46H48N4O15/c1-2-3-4-7-25-18-45(59)43(58)46(60,37(25)29-19-48-22-49-29)41(42(56)57)65-44(45)64-33-17-32-36(39(55)40(33)61-21-23-6-5-8-26(52)15-23)30(53)16-31(63-32)24-9-11-27(12-10-24)62-34(20-51)38(54)28-13-14-35(47)50-28/h5-6,8-18,22,31,34,37-38,41,43-44,47,51-55,58-60H,2-4,7,19-21H2,1H3,(H,56,57). The molecule has 4 heterocycles. The number of aliphatic imine (C=N–C) groups is 3. The van der Waals surface area contributed by atoms with Crippen molar-refractivity contribution in [3.8, 4) is 34.5 Å². The highest BCUT2D eigenvalue weighted by Crippen LogP contribution is 2.54. The van der Waals surface area contributed by atoms with Gasteiger partial charge in [-0.2, -0.15) is 0 Å². The van der Waals surface area contributed by atoms with Crippen LogP contribution in [0.1, 0.15) is 55.4 Å².